The highest BCUT2D eigenvalue weighted by atomic mass is 16.5. The van der Waals surface area contributed by atoms with E-state index in [9.17, 15) is 0 Å². The Labute approximate surface area is 104 Å². The maximum absolute atomic E-state index is 5.87. The van der Waals surface area contributed by atoms with Crippen LogP contribution in [0.4, 0.5) is 0 Å². The minimum absolute atomic E-state index is 0.0920. The van der Waals surface area contributed by atoms with Crippen LogP contribution in [0.1, 0.15) is 12.5 Å². The molecule has 0 saturated carbocycles. The van der Waals surface area contributed by atoms with Crippen LogP contribution in [0.2, 0.25) is 0 Å². The molecule has 0 aliphatic heterocycles. The summed E-state index contributed by atoms with van der Waals surface area (Å²) < 4.78 is 5.87. The smallest absolute Gasteiger partial charge is 0.123 e. The monoisotopic (exact) mass is 229 g/mol. The minimum atomic E-state index is 0.0920. The largest absolute Gasteiger partial charge is 0.489 e. The fourth-order valence-corrected chi connectivity index (χ4v) is 1.55. The standard InChI is InChI=1S/C15H19NO/c1-4-8-14-9-6-7-10-15(14)17-13(3)12-16-11-5-2/h2,4,6-7,9-10,13,16H,1,8,11-12H2,3H3. The first kappa shape index (κ1) is 13.3. The van der Waals surface area contributed by atoms with Gasteiger partial charge in [0, 0.05) is 6.54 Å². The fraction of sp³-hybridized carbons (Fsp3) is 0.333. The normalized spacial score (nSPS) is 11.5. The Bertz CT molecular complexity index is 392. The number of terminal acetylenes is 1. The van der Waals surface area contributed by atoms with Crippen LogP contribution in [-0.4, -0.2) is 19.2 Å². The molecule has 0 saturated heterocycles. The Hall–Kier alpha value is -1.72. The minimum Gasteiger partial charge on any atom is -0.489 e. The lowest BCUT2D eigenvalue weighted by atomic mass is 10.1. The van der Waals surface area contributed by atoms with Crippen molar-refractivity contribution in [3.05, 3.63) is 42.5 Å². The molecular weight excluding hydrogens is 210 g/mol. The molecule has 0 aliphatic carbocycles. The van der Waals surface area contributed by atoms with Gasteiger partial charge in [-0.05, 0) is 25.0 Å². The lowest BCUT2D eigenvalue weighted by Gasteiger charge is -2.17. The van der Waals surface area contributed by atoms with Crippen LogP contribution in [0.3, 0.4) is 0 Å². The zero-order valence-corrected chi connectivity index (χ0v) is 10.3. The van der Waals surface area contributed by atoms with Gasteiger partial charge in [0.2, 0.25) is 0 Å². The number of ether oxygens (including phenoxy) is 1. The summed E-state index contributed by atoms with van der Waals surface area (Å²) in [5, 5.41) is 3.13. The number of benzene rings is 1. The zero-order valence-electron chi connectivity index (χ0n) is 10.3. The number of hydrogen-bond acceptors (Lipinski definition) is 2. The second kappa shape index (κ2) is 7.54. The van der Waals surface area contributed by atoms with E-state index < -0.39 is 0 Å². The summed E-state index contributed by atoms with van der Waals surface area (Å²) in [5.41, 5.74) is 1.16. The first-order valence-corrected chi connectivity index (χ1v) is 5.77. The molecule has 2 nitrogen and oxygen atoms in total. The highest BCUT2D eigenvalue weighted by Crippen LogP contribution is 2.19. The number of hydrogen-bond donors (Lipinski definition) is 1. The summed E-state index contributed by atoms with van der Waals surface area (Å²) in [6.45, 7) is 7.08. The van der Waals surface area contributed by atoms with E-state index in [1.165, 1.54) is 0 Å². The molecule has 2 heteroatoms. The van der Waals surface area contributed by atoms with E-state index in [4.69, 9.17) is 11.2 Å². The molecule has 0 heterocycles. The van der Waals surface area contributed by atoms with E-state index in [0.29, 0.717) is 6.54 Å². The Balaban J connectivity index is 2.55. The highest BCUT2D eigenvalue weighted by molar-refractivity contribution is 5.34. The molecule has 0 amide bonds. The Kier molecular flexibility index (Phi) is 5.92. The van der Waals surface area contributed by atoms with Gasteiger partial charge in [0.15, 0.2) is 0 Å². The van der Waals surface area contributed by atoms with Crippen molar-refractivity contribution in [2.45, 2.75) is 19.4 Å². The molecule has 1 atom stereocenters. The second-order valence-electron chi connectivity index (χ2n) is 3.86. The topological polar surface area (TPSA) is 21.3 Å². The van der Waals surface area contributed by atoms with Gasteiger partial charge in [0.05, 0.1) is 6.54 Å². The Morgan fingerprint density at radius 3 is 3.00 bits per heavy atom. The molecule has 0 aliphatic rings. The molecule has 0 radical (unpaired) electrons. The van der Waals surface area contributed by atoms with Gasteiger partial charge in [-0.15, -0.1) is 13.0 Å². The van der Waals surface area contributed by atoms with Gasteiger partial charge in [0.1, 0.15) is 11.9 Å². The Morgan fingerprint density at radius 1 is 1.53 bits per heavy atom. The summed E-state index contributed by atoms with van der Waals surface area (Å²) in [6, 6.07) is 8.02. The SMILES string of the molecule is C#CCNCC(C)Oc1ccccc1CC=C. The average Bonchev–Trinajstić information content (AvgIpc) is 2.32. The van der Waals surface area contributed by atoms with Gasteiger partial charge in [-0.1, -0.05) is 30.2 Å². The summed E-state index contributed by atoms with van der Waals surface area (Å²) in [7, 11) is 0. The molecule has 1 unspecified atom stereocenters. The molecule has 1 N–H and O–H groups in total. The van der Waals surface area contributed by atoms with Crippen molar-refractivity contribution in [2.75, 3.05) is 13.1 Å². The van der Waals surface area contributed by atoms with Crippen LogP contribution in [-0.2, 0) is 6.42 Å². The van der Waals surface area contributed by atoms with Crippen LogP contribution in [0.15, 0.2) is 36.9 Å². The van der Waals surface area contributed by atoms with Crippen LogP contribution in [0.5, 0.6) is 5.75 Å². The van der Waals surface area contributed by atoms with Crippen molar-refractivity contribution in [3.8, 4) is 18.1 Å². The number of allylic oxidation sites excluding steroid dienone is 1. The van der Waals surface area contributed by atoms with Gasteiger partial charge in [-0.2, -0.15) is 0 Å². The molecule has 17 heavy (non-hydrogen) atoms. The van der Waals surface area contributed by atoms with E-state index in [1.54, 1.807) is 0 Å². The predicted octanol–water partition coefficient (Wildman–Crippen LogP) is 2.41. The van der Waals surface area contributed by atoms with Gasteiger partial charge in [0.25, 0.3) is 0 Å². The quantitative estimate of drug-likeness (QED) is 0.440. The van der Waals surface area contributed by atoms with E-state index >= 15 is 0 Å². The van der Waals surface area contributed by atoms with E-state index in [-0.39, 0.29) is 6.10 Å². The van der Waals surface area contributed by atoms with Crippen LogP contribution < -0.4 is 10.1 Å². The fourth-order valence-electron chi connectivity index (χ4n) is 1.55. The van der Waals surface area contributed by atoms with Crippen molar-refractivity contribution in [1.29, 1.82) is 0 Å². The van der Waals surface area contributed by atoms with Gasteiger partial charge in [-0.25, -0.2) is 0 Å². The first-order chi connectivity index (χ1) is 8.27. The molecule has 0 spiro atoms. The predicted molar refractivity (Wildman–Crippen MR) is 72.1 cm³/mol. The average molecular weight is 229 g/mol. The maximum atomic E-state index is 5.87. The molecule has 0 bridgehead atoms. The maximum Gasteiger partial charge on any atom is 0.123 e. The van der Waals surface area contributed by atoms with Crippen LogP contribution in [0.25, 0.3) is 0 Å². The third-order valence-corrected chi connectivity index (χ3v) is 2.32. The summed E-state index contributed by atoms with van der Waals surface area (Å²) in [6.07, 6.45) is 7.96. The Morgan fingerprint density at radius 2 is 2.29 bits per heavy atom. The van der Waals surface area contributed by atoms with Crippen molar-refractivity contribution in [2.24, 2.45) is 0 Å². The van der Waals surface area contributed by atoms with Gasteiger partial charge in [-0.3, -0.25) is 0 Å². The second-order valence-corrected chi connectivity index (χ2v) is 3.86. The molecule has 0 fully saturated rings. The number of nitrogens with one attached hydrogen (secondary N) is 1. The van der Waals surface area contributed by atoms with Gasteiger partial charge < -0.3 is 10.1 Å². The molecule has 1 aromatic carbocycles. The van der Waals surface area contributed by atoms with Crippen molar-refractivity contribution in [3.63, 3.8) is 0 Å². The van der Waals surface area contributed by atoms with E-state index in [1.807, 2.05) is 31.2 Å². The molecule has 0 aromatic heterocycles. The van der Waals surface area contributed by atoms with Crippen LogP contribution >= 0.6 is 0 Å². The van der Waals surface area contributed by atoms with Gasteiger partial charge >= 0.3 is 0 Å². The summed E-state index contributed by atoms with van der Waals surface area (Å²) in [4.78, 5) is 0. The zero-order chi connectivity index (χ0) is 12.5. The number of para-hydroxylation sites is 1. The molecular formula is C15H19NO. The molecule has 1 aromatic rings. The van der Waals surface area contributed by atoms with Crippen molar-refractivity contribution < 1.29 is 4.74 Å². The van der Waals surface area contributed by atoms with Crippen molar-refractivity contribution >= 4 is 0 Å². The van der Waals surface area contributed by atoms with E-state index in [0.717, 1.165) is 24.3 Å². The van der Waals surface area contributed by atoms with E-state index in [2.05, 4.69) is 23.9 Å². The molecule has 1 rings (SSSR count). The highest BCUT2D eigenvalue weighted by Gasteiger charge is 2.06. The van der Waals surface area contributed by atoms with Crippen LogP contribution in [0, 0.1) is 12.3 Å². The van der Waals surface area contributed by atoms with Crippen molar-refractivity contribution in [1.82, 2.24) is 5.32 Å². The lowest BCUT2D eigenvalue weighted by molar-refractivity contribution is 0.217. The molecule has 90 valence electrons. The summed E-state index contributed by atoms with van der Waals surface area (Å²) in [5.74, 6) is 3.46. The third-order valence-electron chi connectivity index (χ3n) is 2.32. The third kappa shape index (κ3) is 4.76. The number of rotatable bonds is 7. The first-order valence-electron chi connectivity index (χ1n) is 5.77. The lowest BCUT2D eigenvalue weighted by Crippen LogP contribution is -2.29. The summed E-state index contributed by atoms with van der Waals surface area (Å²) >= 11 is 0.